The fraction of sp³-hybridized carbons (Fsp3) is 0.238. The molecule has 0 atom stereocenters. The maximum Gasteiger partial charge on any atom is 0.230 e. The average Bonchev–Trinajstić information content (AvgIpc) is 3.02. The topological polar surface area (TPSA) is 73.6 Å². The molecule has 1 aliphatic rings. The zero-order valence-electron chi connectivity index (χ0n) is 15.2. The molecule has 3 aromatic rings. The van der Waals surface area contributed by atoms with Crippen LogP contribution in [0.1, 0.15) is 17.0 Å². The Morgan fingerprint density at radius 1 is 1.04 bits per heavy atom. The lowest BCUT2D eigenvalue weighted by molar-refractivity contribution is -0.115. The molecule has 0 bridgehead atoms. The number of oxazole rings is 1. The molecule has 1 aliphatic heterocycles. The van der Waals surface area contributed by atoms with E-state index in [1.54, 1.807) is 18.2 Å². The summed E-state index contributed by atoms with van der Waals surface area (Å²) in [6, 6.07) is 13.3. The molecule has 1 aromatic heterocycles. The molecule has 0 unspecified atom stereocenters. The van der Waals surface area contributed by atoms with Crippen LogP contribution >= 0.6 is 0 Å². The number of benzene rings is 2. The van der Waals surface area contributed by atoms with Crippen LogP contribution in [-0.2, 0) is 11.2 Å². The van der Waals surface area contributed by atoms with Crippen LogP contribution in [0.15, 0.2) is 46.9 Å². The fourth-order valence-corrected chi connectivity index (χ4v) is 2.89. The van der Waals surface area contributed by atoms with Gasteiger partial charge < -0.3 is 19.2 Å². The van der Waals surface area contributed by atoms with Gasteiger partial charge in [0.2, 0.25) is 11.8 Å². The van der Waals surface area contributed by atoms with Crippen LogP contribution < -0.4 is 14.8 Å². The molecule has 4 rings (SSSR count). The number of fused-ring (bicyclic) bond motifs is 1. The first-order valence-corrected chi connectivity index (χ1v) is 8.81. The predicted octanol–water partition coefficient (Wildman–Crippen LogP) is 3.91. The molecule has 27 heavy (non-hydrogen) atoms. The Morgan fingerprint density at radius 2 is 1.78 bits per heavy atom. The van der Waals surface area contributed by atoms with Crippen molar-refractivity contribution >= 4 is 11.6 Å². The van der Waals surface area contributed by atoms with Gasteiger partial charge in [0.15, 0.2) is 11.5 Å². The van der Waals surface area contributed by atoms with E-state index in [2.05, 4.69) is 10.3 Å². The summed E-state index contributed by atoms with van der Waals surface area (Å²) in [4.78, 5) is 16.9. The van der Waals surface area contributed by atoms with Gasteiger partial charge in [-0.2, -0.15) is 0 Å². The number of anilines is 1. The largest absolute Gasteiger partial charge is 0.486 e. The van der Waals surface area contributed by atoms with Crippen molar-refractivity contribution in [1.29, 1.82) is 0 Å². The van der Waals surface area contributed by atoms with Crippen molar-refractivity contribution < 1.29 is 18.7 Å². The minimum atomic E-state index is -0.168. The number of aryl methyl sites for hydroxylation is 2. The molecule has 1 amide bonds. The van der Waals surface area contributed by atoms with Crippen molar-refractivity contribution in [2.45, 2.75) is 20.3 Å². The van der Waals surface area contributed by atoms with Gasteiger partial charge in [-0.1, -0.05) is 17.7 Å². The Bertz CT molecular complexity index is 976. The van der Waals surface area contributed by atoms with Gasteiger partial charge in [0.25, 0.3) is 0 Å². The smallest absolute Gasteiger partial charge is 0.230 e. The van der Waals surface area contributed by atoms with Crippen LogP contribution in [0, 0.1) is 13.8 Å². The van der Waals surface area contributed by atoms with Crippen LogP contribution in [0.3, 0.4) is 0 Å². The number of aromatic nitrogens is 1. The quantitative estimate of drug-likeness (QED) is 0.760. The summed E-state index contributed by atoms with van der Waals surface area (Å²) in [5.74, 6) is 2.32. The van der Waals surface area contributed by atoms with Gasteiger partial charge in [0.05, 0.1) is 12.1 Å². The fourth-order valence-electron chi connectivity index (χ4n) is 2.89. The van der Waals surface area contributed by atoms with Gasteiger partial charge in [-0.25, -0.2) is 4.98 Å². The Hall–Kier alpha value is -3.28. The summed E-state index contributed by atoms with van der Waals surface area (Å²) < 4.78 is 16.8. The number of hydrogen-bond donors (Lipinski definition) is 1. The third-order valence-corrected chi connectivity index (χ3v) is 4.35. The van der Waals surface area contributed by atoms with Gasteiger partial charge in [-0.15, -0.1) is 0 Å². The van der Waals surface area contributed by atoms with E-state index >= 15 is 0 Å². The number of amides is 1. The maximum atomic E-state index is 12.4. The third kappa shape index (κ3) is 3.79. The molecule has 6 nitrogen and oxygen atoms in total. The first kappa shape index (κ1) is 17.1. The molecule has 2 aromatic carbocycles. The first-order valence-electron chi connectivity index (χ1n) is 8.81. The molecule has 0 saturated heterocycles. The van der Waals surface area contributed by atoms with E-state index < -0.39 is 0 Å². The number of hydrogen-bond acceptors (Lipinski definition) is 5. The van der Waals surface area contributed by atoms with E-state index in [1.807, 2.05) is 38.1 Å². The summed E-state index contributed by atoms with van der Waals surface area (Å²) in [6.45, 7) is 4.88. The highest BCUT2D eigenvalue weighted by Gasteiger charge is 2.16. The van der Waals surface area contributed by atoms with Crippen molar-refractivity contribution in [1.82, 2.24) is 4.98 Å². The van der Waals surface area contributed by atoms with E-state index in [1.165, 1.54) is 5.56 Å². The lowest BCUT2D eigenvalue weighted by Crippen LogP contribution is -2.17. The van der Waals surface area contributed by atoms with E-state index in [9.17, 15) is 4.79 Å². The van der Waals surface area contributed by atoms with E-state index in [0.717, 1.165) is 5.56 Å². The number of ether oxygens (including phenoxy) is 2. The number of carbonyl (C=O) groups excluding carboxylic acids is 1. The summed E-state index contributed by atoms with van der Waals surface area (Å²) >= 11 is 0. The lowest BCUT2D eigenvalue weighted by atomic mass is 10.1. The van der Waals surface area contributed by atoms with Crippen LogP contribution in [-0.4, -0.2) is 24.1 Å². The maximum absolute atomic E-state index is 12.4. The zero-order valence-corrected chi connectivity index (χ0v) is 15.2. The van der Waals surface area contributed by atoms with Crippen LogP contribution in [0.2, 0.25) is 0 Å². The highest BCUT2D eigenvalue weighted by atomic mass is 16.6. The summed E-state index contributed by atoms with van der Waals surface area (Å²) in [6.07, 6.45) is 0.135. The van der Waals surface area contributed by atoms with Crippen LogP contribution in [0.5, 0.6) is 11.5 Å². The van der Waals surface area contributed by atoms with E-state index in [-0.39, 0.29) is 12.3 Å². The molecular weight excluding hydrogens is 344 g/mol. The molecule has 0 fully saturated rings. The van der Waals surface area contributed by atoms with Gasteiger partial charge in [0.1, 0.15) is 19.0 Å². The average molecular weight is 364 g/mol. The lowest BCUT2D eigenvalue weighted by Gasteiger charge is -2.18. The van der Waals surface area contributed by atoms with E-state index in [4.69, 9.17) is 13.9 Å². The highest BCUT2D eigenvalue weighted by molar-refractivity contribution is 5.92. The molecular formula is C21H20N2O4. The highest BCUT2D eigenvalue weighted by Crippen LogP contribution is 2.32. The second-order valence-corrected chi connectivity index (χ2v) is 6.47. The van der Waals surface area contributed by atoms with Crippen molar-refractivity contribution in [2.75, 3.05) is 18.5 Å². The third-order valence-electron chi connectivity index (χ3n) is 4.35. The van der Waals surface area contributed by atoms with Crippen molar-refractivity contribution in [3.8, 4) is 23.0 Å². The monoisotopic (exact) mass is 364 g/mol. The predicted molar refractivity (Wildman–Crippen MR) is 101 cm³/mol. The summed E-state index contributed by atoms with van der Waals surface area (Å²) in [5.41, 5.74) is 3.34. The first-order chi connectivity index (χ1) is 13.1. The number of nitrogens with one attached hydrogen (secondary N) is 1. The second kappa shape index (κ2) is 7.15. The van der Waals surface area contributed by atoms with Crippen LogP contribution in [0.25, 0.3) is 11.5 Å². The normalized spacial score (nSPS) is 12.7. The molecule has 138 valence electrons. The van der Waals surface area contributed by atoms with Crippen molar-refractivity contribution in [2.24, 2.45) is 0 Å². The van der Waals surface area contributed by atoms with Gasteiger partial charge in [0, 0.05) is 17.3 Å². The van der Waals surface area contributed by atoms with Crippen molar-refractivity contribution in [3.05, 3.63) is 59.5 Å². The molecule has 0 aliphatic carbocycles. The number of carbonyl (C=O) groups is 1. The van der Waals surface area contributed by atoms with Crippen LogP contribution in [0.4, 0.5) is 5.69 Å². The Kier molecular flexibility index (Phi) is 4.54. The minimum Gasteiger partial charge on any atom is -0.486 e. The molecule has 6 heteroatoms. The Balaban J connectivity index is 1.46. The van der Waals surface area contributed by atoms with Crippen molar-refractivity contribution in [3.63, 3.8) is 0 Å². The SMILES string of the molecule is Cc1ccc(-c2nc(CC(=O)Nc3ccc4c(c3)OCCO4)c(C)o2)cc1. The van der Waals surface area contributed by atoms with Gasteiger partial charge in [-0.05, 0) is 38.1 Å². The number of nitrogens with zero attached hydrogens (tertiary/aromatic N) is 1. The second-order valence-electron chi connectivity index (χ2n) is 6.47. The van der Waals surface area contributed by atoms with Gasteiger partial charge in [-0.3, -0.25) is 4.79 Å². The Labute approximate surface area is 157 Å². The number of rotatable bonds is 4. The van der Waals surface area contributed by atoms with Gasteiger partial charge >= 0.3 is 0 Å². The minimum absolute atomic E-state index is 0.135. The summed E-state index contributed by atoms with van der Waals surface area (Å²) in [5, 5.41) is 2.87. The standard InChI is InChI=1S/C21H20N2O4/c1-13-3-5-15(6-4-13)21-23-17(14(2)27-21)12-20(24)22-16-7-8-18-19(11-16)26-10-9-25-18/h3-8,11H,9-10,12H2,1-2H3,(H,22,24). The Morgan fingerprint density at radius 3 is 2.56 bits per heavy atom. The summed E-state index contributed by atoms with van der Waals surface area (Å²) in [7, 11) is 0. The van der Waals surface area contributed by atoms with E-state index in [0.29, 0.717) is 47.7 Å². The molecule has 0 radical (unpaired) electrons. The zero-order chi connectivity index (χ0) is 18.8. The molecule has 1 N–H and O–H groups in total. The molecule has 0 saturated carbocycles. The molecule has 2 heterocycles. The molecule has 0 spiro atoms.